The summed E-state index contributed by atoms with van der Waals surface area (Å²) in [6.07, 6.45) is 0. The van der Waals surface area contributed by atoms with Crippen LogP contribution >= 0.6 is 11.3 Å². The van der Waals surface area contributed by atoms with Gasteiger partial charge in [-0.3, -0.25) is 4.79 Å². The van der Waals surface area contributed by atoms with Gasteiger partial charge in [0.05, 0.1) is 27.4 Å². The molecular formula is C23H27N3O4S. The summed E-state index contributed by atoms with van der Waals surface area (Å²) in [5, 5.41) is 5.49. The number of hydrogen-bond acceptors (Lipinski definition) is 7. The van der Waals surface area contributed by atoms with E-state index >= 15 is 0 Å². The molecular weight excluding hydrogens is 414 g/mol. The van der Waals surface area contributed by atoms with Gasteiger partial charge in [0.15, 0.2) is 11.5 Å². The number of carbonyl (C=O) groups is 1. The minimum atomic E-state index is -0.218. The molecule has 1 amide bonds. The quantitative estimate of drug-likeness (QED) is 0.544. The largest absolute Gasteiger partial charge is 0.496 e. The molecule has 1 N–H and O–H groups in total. The smallest absolute Gasteiger partial charge is 0.270 e. The number of thiazole rings is 1. The average Bonchev–Trinajstić information content (AvgIpc) is 3.29. The second-order valence-corrected chi connectivity index (χ2v) is 7.90. The van der Waals surface area contributed by atoms with Crippen LogP contribution in [0, 0.1) is 0 Å². The third-order valence-corrected chi connectivity index (χ3v) is 5.84. The van der Waals surface area contributed by atoms with Crippen molar-refractivity contribution in [1.82, 2.24) is 15.2 Å². The molecule has 31 heavy (non-hydrogen) atoms. The highest BCUT2D eigenvalue weighted by molar-refractivity contribution is 7.13. The van der Waals surface area contributed by atoms with Gasteiger partial charge in [0.25, 0.3) is 5.91 Å². The monoisotopic (exact) mass is 441 g/mol. The molecule has 164 valence electrons. The van der Waals surface area contributed by atoms with Gasteiger partial charge in [-0.05, 0) is 38.4 Å². The van der Waals surface area contributed by atoms with Gasteiger partial charge in [0.1, 0.15) is 16.5 Å². The van der Waals surface area contributed by atoms with Crippen molar-refractivity contribution >= 4 is 17.2 Å². The summed E-state index contributed by atoms with van der Waals surface area (Å²) in [5.41, 5.74) is 2.26. The first kappa shape index (κ1) is 22.6. The maximum atomic E-state index is 12.8. The molecule has 1 unspecified atom stereocenters. The summed E-state index contributed by atoms with van der Waals surface area (Å²) in [5.74, 6) is 1.84. The molecule has 1 atom stereocenters. The van der Waals surface area contributed by atoms with E-state index in [1.165, 1.54) is 11.3 Å². The molecule has 2 aromatic carbocycles. The summed E-state index contributed by atoms with van der Waals surface area (Å²) >= 11 is 1.41. The maximum absolute atomic E-state index is 12.8. The standard InChI is InChI=1S/C23H27N3O4S/c1-26(2)18(16-8-6-7-9-19(16)28-3)13-24-22(27)17-14-31-23(25-17)15-10-11-20(29-4)21(12-15)30-5/h6-12,14,18H,13H2,1-5H3,(H,24,27). The first-order valence-electron chi connectivity index (χ1n) is 9.74. The van der Waals surface area contributed by atoms with E-state index in [0.717, 1.165) is 21.9 Å². The number of amides is 1. The van der Waals surface area contributed by atoms with E-state index in [4.69, 9.17) is 14.2 Å². The van der Waals surface area contributed by atoms with Crippen molar-refractivity contribution in [2.45, 2.75) is 6.04 Å². The summed E-state index contributed by atoms with van der Waals surface area (Å²) in [7, 11) is 8.78. The molecule has 0 saturated carbocycles. The van der Waals surface area contributed by atoms with Crippen molar-refractivity contribution in [2.24, 2.45) is 0 Å². The molecule has 0 fully saturated rings. The number of benzene rings is 2. The second kappa shape index (κ2) is 10.3. The summed E-state index contributed by atoms with van der Waals surface area (Å²) in [6, 6.07) is 13.4. The second-order valence-electron chi connectivity index (χ2n) is 7.04. The third kappa shape index (κ3) is 5.15. The number of rotatable bonds is 9. The minimum absolute atomic E-state index is 0.0379. The van der Waals surface area contributed by atoms with Crippen molar-refractivity contribution in [2.75, 3.05) is 42.0 Å². The van der Waals surface area contributed by atoms with Gasteiger partial charge >= 0.3 is 0 Å². The van der Waals surface area contributed by atoms with Crippen molar-refractivity contribution in [3.63, 3.8) is 0 Å². The number of aromatic nitrogens is 1. The molecule has 0 bridgehead atoms. The summed E-state index contributed by atoms with van der Waals surface area (Å²) < 4.78 is 16.1. The lowest BCUT2D eigenvalue weighted by Crippen LogP contribution is -2.34. The summed E-state index contributed by atoms with van der Waals surface area (Å²) in [6.45, 7) is 0.426. The van der Waals surface area contributed by atoms with Crippen LogP contribution < -0.4 is 19.5 Å². The molecule has 8 heteroatoms. The number of carbonyl (C=O) groups excluding carboxylic acids is 1. The van der Waals surface area contributed by atoms with Crippen LogP contribution in [0.5, 0.6) is 17.2 Å². The first-order valence-corrected chi connectivity index (χ1v) is 10.6. The van der Waals surface area contributed by atoms with Crippen LogP contribution in [0.2, 0.25) is 0 Å². The number of nitrogens with zero attached hydrogens (tertiary/aromatic N) is 2. The molecule has 0 saturated heterocycles. The van der Waals surface area contributed by atoms with Crippen LogP contribution in [0.1, 0.15) is 22.1 Å². The Morgan fingerprint density at radius 1 is 1.03 bits per heavy atom. The van der Waals surface area contributed by atoms with E-state index in [1.54, 1.807) is 26.7 Å². The lowest BCUT2D eigenvalue weighted by atomic mass is 10.0. The maximum Gasteiger partial charge on any atom is 0.270 e. The van der Waals surface area contributed by atoms with Crippen LogP contribution in [0.4, 0.5) is 0 Å². The molecule has 0 spiro atoms. The van der Waals surface area contributed by atoms with Crippen molar-refractivity contribution < 1.29 is 19.0 Å². The Morgan fingerprint density at radius 3 is 2.42 bits per heavy atom. The lowest BCUT2D eigenvalue weighted by Gasteiger charge is -2.26. The molecule has 1 aromatic heterocycles. The molecule has 0 radical (unpaired) electrons. The van der Waals surface area contributed by atoms with Crippen LogP contribution in [-0.2, 0) is 0 Å². The van der Waals surface area contributed by atoms with Crippen molar-refractivity contribution in [3.05, 3.63) is 59.1 Å². The fraction of sp³-hybridized carbons (Fsp3) is 0.304. The van der Waals surface area contributed by atoms with E-state index in [0.29, 0.717) is 23.7 Å². The van der Waals surface area contributed by atoms with E-state index in [2.05, 4.69) is 10.3 Å². The fourth-order valence-corrected chi connectivity index (χ4v) is 4.07. The topological polar surface area (TPSA) is 72.9 Å². The average molecular weight is 442 g/mol. The molecule has 0 aliphatic rings. The van der Waals surface area contributed by atoms with Crippen molar-refractivity contribution in [3.8, 4) is 27.8 Å². The molecule has 0 aliphatic carbocycles. The van der Waals surface area contributed by atoms with Gasteiger partial charge in [-0.2, -0.15) is 0 Å². The minimum Gasteiger partial charge on any atom is -0.496 e. The Labute approximate surface area is 186 Å². The van der Waals surface area contributed by atoms with Crippen LogP contribution in [0.3, 0.4) is 0 Å². The van der Waals surface area contributed by atoms with E-state index in [9.17, 15) is 4.79 Å². The predicted octanol–water partition coefficient (Wildman–Crippen LogP) is 3.87. The normalized spacial score (nSPS) is 11.8. The molecule has 1 heterocycles. The van der Waals surface area contributed by atoms with E-state index in [-0.39, 0.29) is 11.9 Å². The number of ether oxygens (including phenoxy) is 3. The zero-order chi connectivity index (χ0) is 22.4. The number of methoxy groups -OCH3 is 3. The van der Waals surface area contributed by atoms with E-state index in [1.807, 2.05) is 61.5 Å². The van der Waals surface area contributed by atoms with Crippen molar-refractivity contribution in [1.29, 1.82) is 0 Å². The first-order chi connectivity index (χ1) is 15.0. The zero-order valence-corrected chi connectivity index (χ0v) is 19.2. The predicted molar refractivity (Wildman–Crippen MR) is 122 cm³/mol. The molecule has 3 rings (SSSR count). The third-order valence-electron chi connectivity index (χ3n) is 4.94. The van der Waals surface area contributed by atoms with Crippen LogP contribution in [0.25, 0.3) is 10.6 Å². The number of para-hydroxylation sites is 1. The SMILES string of the molecule is COc1ccc(-c2nc(C(=O)NCC(c3ccccc3OC)N(C)C)cs2)cc1OC. The fourth-order valence-electron chi connectivity index (χ4n) is 3.27. The number of likely N-dealkylation sites (N-methyl/N-ethyl adjacent to an activating group) is 1. The van der Waals surface area contributed by atoms with Gasteiger partial charge < -0.3 is 24.4 Å². The number of hydrogen-bond donors (Lipinski definition) is 1. The Balaban J connectivity index is 1.73. The Hall–Kier alpha value is -3.10. The Kier molecular flexibility index (Phi) is 7.49. The molecule has 3 aromatic rings. The Morgan fingerprint density at radius 2 is 1.74 bits per heavy atom. The Bertz CT molecular complexity index is 1040. The highest BCUT2D eigenvalue weighted by Crippen LogP contribution is 2.33. The van der Waals surface area contributed by atoms with Gasteiger partial charge in [0, 0.05) is 23.1 Å². The van der Waals surface area contributed by atoms with Gasteiger partial charge in [-0.15, -0.1) is 11.3 Å². The summed E-state index contributed by atoms with van der Waals surface area (Å²) in [4.78, 5) is 19.3. The number of nitrogens with one attached hydrogen (secondary N) is 1. The van der Waals surface area contributed by atoms with Gasteiger partial charge in [0.2, 0.25) is 0 Å². The molecule has 0 aliphatic heterocycles. The van der Waals surface area contributed by atoms with Crippen LogP contribution in [-0.4, -0.2) is 57.8 Å². The zero-order valence-electron chi connectivity index (χ0n) is 18.3. The lowest BCUT2D eigenvalue weighted by molar-refractivity contribution is 0.0937. The highest BCUT2D eigenvalue weighted by Gasteiger charge is 2.20. The highest BCUT2D eigenvalue weighted by atomic mass is 32.1. The van der Waals surface area contributed by atoms with Gasteiger partial charge in [-0.25, -0.2) is 4.98 Å². The molecule has 7 nitrogen and oxygen atoms in total. The van der Waals surface area contributed by atoms with E-state index < -0.39 is 0 Å². The van der Waals surface area contributed by atoms with Crippen LogP contribution in [0.15, 0.2) is 47.8 Å². The van der Waals surface area contributed by atoms with Gasteiger partial charge in [-0.1, -0.05) is 18.2 Å².